The van der Waals surface area contributed by atoms with Crippen molar-refractivity contribution < 1.29 is 9.59 Å². The first-order chi connectivity index (χ1) is 13.9. The van der Waals surface area contributed by atoms with Crippen molar-refractivity contribution in [2.45, 2.75) is 52.5 Å². The van der Waals surface area contributed by atoms with Gasteiger partial charge in [-0.2, -0.15) is 0 Å². The molecule has 1 fully saturated rings. The van der Waals surface area contributed by atoms with Gasteiger partial charge in [-0.05, 0) is 56.9 Å². The van der Waals surface area contributed by atoms with Crippen molar-refractivity contribution in [1.82, 2.24) is 14.7 Å². The summed E-state index contributed by atoms with van der Waals surface area (Å²) >= 11 is 0. The van der Waals surface area contributed by atoms with Crippen molar-refractivity contribution in [2.75, 3.05) is 5.32 Å². The fraction of sp³-hybridized carbons (Fsp3) is 0.348. The lowest BCUT2D eigenvalue weighted by Crippen LogP contribution is -2.33. The molecular formula is C23H26N4O2. The molecule has 1 aliphatic carbocycles. The second kappa shape index (κ2) is 7.70. The molecule has 3 aromatic rings. The van der Waals surface area contributed by atoms with E-state index in [1.807, 2.05) is 51.1 Å². The first-order valence-electron chi connectivity index (χ1n) is 10.1. The summed E-state index contributed by atoms with van der Waals surface area (Å²) < 4.78 is 1.69. The number of anilines is 1. The number of nitrogens with zero attached hydrogens (tertiary/aromatic N) is 2. The molecule has 6 heteroatoms. The molecule has 0 aliphatic heterocycles. The maximum atomic E-state index is 13.1. The average Bonchev–Trinajstić information content (AvgIpc) is 3.32. The van der Waals surface area contributed by atoms with E-state index in [-0.39, 0.29) is 29.4 Å². The zero-order chi connectivity index (χ0) is 20.5. The number of amides is 2. The molecule has 2 N–H and O–H groups in total. The Balaban J connectivity index is 1.67. The van der Waals surface area contributed by atoms with E-state index in [9.17, 15) is 9.59 Å². The highest BCUT2D eigenvalue weighted by Crippen LogP contribution is 2.24. The van der Waals surface area contributed by atoms with Crippen molar-refractivity contribution >= 4 is 23.0 Å². The van der Waals surface area contributed by atoms with Crippen molar-refractivity contribution in [1.29, 1.82) is 0 Å². The van der Waals surface area contributed by atoms with E-state index < -0.39 is 0 Å². The Morgan fingerprint density at radius 1 is 1.03 bits per heavy atom. The van der Waals surface area contributed by atoms with Crippen LogP contribution in [0.4, 0.5) is 5.69 Å². The first-order valence-corrected chi connectivity index (χ1v) is 10.1. The topological polar surface area (TPSA) is 75.5 Å². The Kier molecular flexibility index (Phi) is 5.09. The van der Waals surface area contributed by atoms with Crippen LogP contribution in [0.15, 0.2) is 36.5 Å². The quantitative estimate of drug-likeness (QED) is 0.702. The van der Waals surface area contributed by atoms with E-state index in [2.05, 4.69) is 15.6 Å². The molecule has 0 saturated heterocycles. The van der Waals surface area contributed by atoms with Crippen molar-refractivity contribution in [2.24, 2.45) is 0 Å². The number of rotatable bonds is 4. The fourth-order valence-electron chi connectivity index (χ4n) is 4.24. The van der Waals surface area contributed by atoms with Crippen molar-refractivity contribution in [3.63, 3.8) is 0 Å². The Labute approximate surface area is 170 Å². The predicted molar refractivity (Wildman–Crippen MR) is 114 cm³/mol. The number of benzene rings is 1. The number of carbonyl (C=O) groups excluding carboxylic acids is 2. The number of nitrogens with one attached hydrogen (secondary N) is 2. The molecule has 0 bridgehead atoms. The number of hydrogen-bond acceptors (Lipinski definition) is 3. The number of pyridine rings is 1. The molecule has 4 rings (SSSR count). The maximum absolute atomic E-state index is 13.1. The standard InChI is InChI=1S/C23H26N4O2/c1-14-12-15(2)19(16(3)13-14)26-22(28)20-18-10-6-7-11-27(18)21(25-20)23(29)24-17-8-4-5-9-17/h6-7,10-13,17H,4-5,8-9H2,1-3H3,(H,24,29)(H,26,28). The van der Waals surface area contributed by atoms with Crippen molar-refractivity contribution in [3.05, 3.63) is 64.7 Å². The molecule has 0 radical (unpaired) electrons. The van der Waals surface area contributed by atoms with Gasteiger partial charge in [-0.25, -0.2) is 4.98 Å². The van der Waals surface area contributed by atoms with Gasteiger partial charge in [0.2, 0.25) is 5.82 Å². The van der Waals surface area contributed by atoms with Crippen LogP contribution in [-0.2, 0) is 0 Å². The maximum Gasteiger partial charge on any atom is 0.287 e. The number of fused-ring (bicyclic) bond motifs is 1. The third kappa shape index (κ3) is 3.75. The second-order valence-electron chi connectivity index (χ2n) is 7.92. The molecule has 0 unspecified atom stereocenters. The first kappa shape index (κ1) is 19.2. The van der Waals surface area contributed by atoms with Crippen LogP contribution >= 0.6 is 0 Å². The highest BCUT2D eigenvalue weighted by atomic mass is 16.2. The summed E-state index contributed by atoms with van der Waals surface area (Å²) in [5.41, 5.74) is 4.80. The summed E-state index contributed by atoms with van der Waals surface area (Å²) in [5.74, 6) is -0.307. The second-order valence-corrected chi connectivity index (χ2v) is 7.92. The van der Waals surface area contributed by atoms with Crippen LogP contribution in [0.2, 0.25) is 0 Å². The van der Waals surface area contributed by atoms with E-state index in [0.717, 1.165) is 48.1 Å². The Morgan fingerprint density at radius 3 is 2.41 bits per heavy atom. The minimum atomic E-state index is -0.316. The monoisotopic (exact) mass is 390 g/mol. The molecule has 2 amide bonds. The summed E-state index contributed by atoms with van der Waals surface area (Å²) in [6, 6.07) is 9.74. The lowest BCUT2D eigenvalue weighted by Gasteiger charge is -2.12. The smallest absolute Gasteiger partial charge is 0.287 e. The van der Waals surface area contributed by atoms with Crippen LogP contribution in [-0.4, -0.2) is 27.2 Å². The molecule has 1 saturated carbocycles. The molecule has 2 heterocycles. The van der Waals surface area contributed by atoms with Crippen LogP contribution in [0.1, 0.15) is 63.5 Å². The normalized spacial score (nSPS) is 14.3. The van der Waals surface area contributed by atoms with Crippen LogP contribution in [0.5, 0.6) is 0 Å². The Morgan fingerprint density at radius 2 is 1.72 bits per heavy atom. The molecule has 6 nitrogen and oxygen atoms in total. The summed E-state index contributed by atoms with van der Waals surface area (Å²) in [6.07, 6.45) is 6.03. The largest absolute Gasteiger partial charge is 0.347 e. The Hall–Kier alpha value is -3.15. The van der Waals surface area contributed by atoms with Crippen molar-refractivity contribution in [3.8, 4) is 0 Å². The Bertz CT molecular complexity index is 1070. The van der Waals surface area contributed by atoms with Gasteiger partial charge < -0.3 is 10.6 Å². The molecule has 1 aliphatic rings. The van der Waals surface area contributed by atoms with Crippen LogP contribution in [0.25, 0.3) is 5.52 Å². The average molecular weight is 390 g/mol. The van der Waals surface area contributed by atoms with Gasteiger partial charge in [0.05, 0.1) is 5.52 Å². The lowest BCUT2D eigenvalue weighted by atomic mass is 10.0. The highest BCUT2D eigenvalue weighted by Gasteiger charge is 2.25. The number of aromatic nitrogens is 2. The number of carbonyl (C=O) groups is 2. The molecular weight excluding hydrogens is 364 g/mol. The van der Waals surface area contributed by atoms with E-state index >= 15 is 0 Å². The minimum absolute atomic E-state index is 0.189. The summed E-state index contributed by atoms with van der Waals surface area (Å²) in [6.45, 7) is 5.98. The molecule has 0 atom stereocenters. The van der Waals surface area contributed by atoms with Gasteiger partial charge in [-0.3, -0.25) is 14.0 Å². The zero-order valence-corrected chi connectivity index (χ0v) is 17.1. The highest BCUT2D eigenvalue weighted by molar-refractivity contribution is 6.09. The van der Waals surface area contributed by atoms with E-state index in [1.54, 1.807) is 10.6 Å². The zero-order valence-electron chi connectivity index (χ0n) is 17.1. The molecule has 29 heavy (non-hydrogen) atoms. The summed E-state index contributed by atoms with van der Waals surface area (Å²) in [7, 11) is 0. The lowest BCUT2D eigenvalue weighted by molar-refractivity contribution is 0.0926. The molecule has 150 valence electrons. The van der Waals surface area contributed by atoms with Gasteiger partial charge in [-0.15, -0.1) is 0 Å². The van der Waals surface area contributed by atoms with Crippen LogP contribution in [0, 0.1) is 20.8 Å². The number of aryl methyl sites for hydroxylation is 3. The van der Waals surface area contributed by atoms with Gasteiger partial charge in [0.15, 0.2) is 5.69 Å². The van der Waals surface area contributed by atoms with Crippen LogP contribution in [0.3, 0.4) is 0 Å². The fourth-order valence-corrected chi connectivity index (χ4v) is 4.24. The SMILES string of the molecule is Cc1cc(C)c(NC(=O)c2nc(C(=O)NC3CCCC3)n3ccccc23)c(C)c1. The van der Waals surface area contributed by atoms with Gasteiger partial charge in [0.25, 0.3) is 11.8 Å². The summed E-state index contributed by atoms with van der Waals surface area (Å²) in [4.78, 5) is 30.4. The van der Waals surface area contributed by atoms with Gasteiger partial charge in [0, 0.05) is 17.9 Å². The molecule has 1 aromatic carbocycles. The molecule has 2 aromatic heterocycles. The van der Waals surface area contributed by atoms with Gasteiger partial charge >= 0.3 is 0 Å². The van der Waals surface area contributed by atoms with E-state index in [0.29, 0.717) is 5.52 Å². The summed E-state index contributed by atoms with van der Waals surface area (Å²) in [5, 5.41) is 6.05. The van der Waals surface area contributed by atoms with E-state index in [4.69, 9.17) is 0 Å². The minimum Gasteiger partial charge on any atom is -0.347 e. The van der Waals surface area contributed by atoms with Crippen LogP contribution < -0.4 is 10.6 Å². The number of imidazole rings is 1. The third-order valence-corrected chi connectivity index (χ3v) is 5.57. The van der Waals surface area contributed by atoms with Gasteiger partial charge in [-0.1, -0.05) is 36.6 Å². The predicted octanol–water partition coefficient (Wildman–Crippen LogP) is 4.18. The number of hydrogen-bond donors (Lipinski definition) is 2. The van der Waals surface area contributed by atoms with E-state index in [1.165, 1.54) is 0 Å². The van der Waals surface area contributed by atoms with Gasteiger partial charge in [0.1, 0.15) is 0 Å². The molecule has 0 spiro atoms. The third-order valence-electron chi connectivity index (χ3n) is 5.57.